The zero-order valence-electron chi connectivity index (χ0n) is 13.9. The molecule has 5 nitrogen and oxygen atoms in total. The van der Waals surface area contributed by atoms with Gasteiger partial charge in [0.1, 0.15) is 17.3 Å². The molecule has 0 bridgehead atoms. The van der Waals surface area contributed by atoms with E-state index in [1.165, 1.54) is 12.8 Å². The first-order valence-electron chi connectivity index (χ1n) is 8.21. The van der Waals surface area contributed by atoms with Crippen LogP contribution >= 0.6 is 11.6 Å². The van der Waals surface area contributed by atoms with Gasteiger partial charge in [0, 0.05) is 22.8 Å². The van der Waals surface area contributed by atoms with Crippen molar-refractivity contribution in [3.8, 4) is 0 Å². The minimum absolute atomic E-state index is 0.141. The molecule has 126 valence electrons. The molecule has 1 aliphatic carbocycles. The lowest BCUT2D eigenvalue weighted by molar-refractivity contribution is 0.0932. The first-order valence-corrected chi connectivity index (χ1v) is 8.59. The van der Waals surface area contributed by atoms with E-state index in [-0.39, 0.29) is 11.9 Å². The monoisotopic (exact) mass is 344 g/mol. The Morgan fingerprint density at radius 1 is 1.17 bits per heavy atom. The molecule has 0 saturated heterocycles. The lowest BCUT2D eigenvalue weighted by Gasteiger charge is -2.13. The Labute approximate surface area is 146 Å². The van der Waals surface area contributed by atoms with E-state index >= 15 is 0 Å². The Hall–Kier alpha value is -2.14. The molecule has 2 N–H and O–H groups in total. The molecule has 1 saturated carbocycles. The maximum absolute atomic E-state index is 12.4. The van der Waals surface area contributed by atoms with Crippen molar-refractivity contribution in [3.05, 3.63) is 46.4 Å². The van der Waals surface area contributed by atoms with Crippen LogP contribution in [0.4, 0.5) is 11.5 Å². The zero-order valence-corrected chi connectivity index (χ0v) is 14.7. The number of aryl methyl sites for hydroxylation is 2. The van der Waals surface area contributed by atoms with Crippen molar-refractivity contribution in [1.82, 2.24) is 15.3 Å². The van der Waals surface area contributed by atoms with Crippen LogP contribution in [-0.4, -0.2) is 21.9 Å². The molecule has 0 spiro atoms. The summed E-state index contributed by atoms with van der Waals surface area (Å²) < 4.78 is 0. The third kappa shape index (κ3) is 4.03. The molecule has 0 aliphatic heterocycles. The molecule has 1 aliphatic rings. The van der Waals surface area contributed by atoms with Crippen LogP contribution in [-0.2, 0) is 0 Å². The maximum Gasteiger partial charge on any atom is 0.270 e. The van der Waals surface area contributed by atoms with Gasteiger partial charge in [-0.3, -0.25) is 4.79 Å². The quantitative estimate of drug-likeness (QED) is 0.873. The van der Waals surface area contributed by atoms with Gasteiger partial charge in [0.05, 0.1) is 0 Å². The zero-order chi connectivity index (χ0) is 17.1. The van der Waals surface area contributed by atoms with Crippen molar-refractivity contribution in [2.75, 3.05) is 5.32 Å². The van der Waals surface area contributed by atoms with Gasteiger partial charge in [0.2, 0.25) is 0 Å². The maximum atomic E-state index is 12.4. The van der Waals surface area contributed by atoms with Crippen molar-refractivity contribution in [2.24, 2.45) is 0 Å². The van der Waals surface area contributed by atoms with E-state index in [0.717, 1.165) is 24.1 Å². The second-order valence-corrected chi connectivity index (χ2v) is 6.64. The van der Waals surface area contributed by atoms with E-state index in [9.17, 15) is 4.79 Å². The summed E-state index contributed by atoms with van der Waals surface area (Å²) in [6.07, 6.45) is 4.44. The Morgan fingerprint density at radius 3 is 2.62 bits per heavy atom. The summed E-state index contributed by atoms with van der Waals surface area (Å²) in [6, 6.07) is 7.64. The van der Waals surface area contributed by atoms with Gasteiger partial charge in [-0.05, 0) is 44.4 Å². The van der Waals surface area contributed by atoms with E-state index in [1.807, 2.05) is 25.1 Å². The molecule has 1 aromatic carbocycles. The number of hydrogen-bond acceptors (Lipinski definition) is 4. The molecule has 1 fully saturated rings. The highest BCUT2D eigenvalue weighted by molar-refractivity contribution is 6.31. The molecular formula is C18H21ClN4O. The summed E-state index contributed by atoms with van der Waals surface area (Å²) in [4.78, 5) is 21.0. The van der Waals surface area contributed by atoms with Gasteiger partial charge in [0.25, 0.3) is 5.91 Å². The number of carbonyl (C=O) groups excluding carboxylic acids is 1. The minimum atomic E-state index is -0.141. The van der Waals surface area contributed by atoms with Crippen LogP contribution in [0.3, 0.4) is 0 Å². The molecular weight excluding hydrogens is 324 g/mol. The fraction of sp³-hybridized carbons (Fsp3) is 0.389. The van der Waals surface area contributed by atoms with Gasteiger partial charge in [-0.1, -0.05) is 30.5 Å². The third-order valence-corrected chi connectivity index (χ3v) is 4.61. The lowest BCUT2D eigenvalue weighted by atomic mass is 10.2. The van der Waals surface area contributed by atoms with Crippen molar-refractivity contribution >= 4 is 29.0 Å². The highest BCUT2D eigenvalue weighted by Crippen LogP contribution is 2.23. The van der Waals surface area contributed by atoms with Gasteiger partial charge in [-0.25, -0.2) is 9.97 Å². The van der Waals surface area contributed by atoms with E-state index in [4.69, 9.17) is 11.6 Å². The van der Waals surface area contributed by atoms with Crippen molar-refractivity contribution in [3.63, 3.8) is 0 Å². The summed E-state index contributed by atoms with van der Waals surface area (Å²) in [5, 5.41) is 6.92. The van der Waals surface area contributed by atoms with Crippen LogP contribution in [0, 0.1) is 13.8 Å². The van der Waals surface area contributed by atoms with Crippen LogP contribution in [0.15, 0.2) is 24.3 Å². The summed E-state index contributed by atoms with van der Waals surface area (Å²) >= 11 is 6.15. The fourth-order valence-electron chi connectivity index (χ4n) is 2.90. The summed E-state index contributed by atoms with van der Waals surface area (Å²) in [5.74, 6) is 0.992. The summed E-state index contributed by atoms with van der Waals surface area (Å²) in [7, 11) is 0. The normalized spacial score (nSPS) is 14.6. The van der Waals surface area contributed by atoms with Gasteiger partial charge in [0.15, 0.2) is 0 Å². The largest absolute Gasteiger partial charge is 0.348 e. The topological polar surface area (TPSA) is 66.9 Å². The summed E-state index contributed by atoms with van der Waals surface area (Å²) in [6.45, 7) is 3.73. The summed E-state index contributed by atoms with van der Waals surface area (Å²) in [5.41, 5.74) is 2.22. The Balaban J connectivity index is 1.77. The first-order chi connectivity index (χ1) is 11.5. The number of nitrogens with zero attached hydrogens (tertiary/aromatic N) is 2. The fourth-order valence-corrected chi connectivity index (χ4v) is 3.08. The number of carbonyl (C=O) groups is 1. The number of halogens is 1. The van der Waals surface area contributed by atoms with Gasteiger partial charge >= 0.3 is 0 Å². The second-order valence-electron chi connectivity index (χ2n) is 6.23. The number of hydrogen-bond donors (Lipinski definition) is 2. The van der Waals surface area contributed by atoms with Crippen molar-refractivity contribution in [1.29, 1.82) is 0 Å². The van der Waals surface area contributed by atoms with Crippen molar-refractivity contribution < 1.29 is 4.79 Å². The standard InChI is InChI=1S/C18H21ClN4O/c1-11-7-8-14(9-15(11)19)22-17-10-16(20-12(2)21-17)18(24)23-13-5-3-4-6-13/h7-10,13H,3-6H2,1-2H3,(H,23,24)(H,20,21,22). The van der Waals surface area contributed by atoms with Crippen LogP contribution in [0.1, 0.15) is 47.6 Å². The molecule has 24 heavy (non-hydrogen) atoms. The van der Waals surface area contributed by atoms with E-state index in [1.54, 1.807) is 13.0 Å². The van der Waals surface area contributed by atoms with Crippen LogP contribution in [0.2, 0.25) is 5.02 Å². The number of anilines is 2. The minimum Gasteiger partial charge on any atom is -0.348 e. The first kappa shape index (κ1) is 16.7. The average Bonchev–Trinajstić information content (AvgIpc) is 3.03. The SMILES string of the molecule is Cc1nc(Nc2ccc(C)c(Cl)c2)cc(C(=O)NC2CCCC2)n1. The van der Waals surface area contributed by atoms with Crippen LogP contribution in [0.25, 0.3) is 0 Å². The number of nitrogens with one attached hydrogen (secondary N) is 2. The van der Waals surface area contributed by atoms with Crippen LogP contribution < -0.4 is 10.6 Å². The molecule has 0 unspecified atom stereocenters. The molecule has 6 heteroatoms. The predicted molar refractivity (Wildman–Crippen MR) is 96.0 cm³/mol. The highest BCUT2D eigenvalue weighted by atomic mass is 35.5. The van der Waals surface area contributed by atoms with Gasteiger partial charge < -0.3 is 10.6 Å². The van der Waals surface area contributed by atoms with E-state index in [2.05, 4.69) is 20.6 Å². The van der Waals surface area contributed by atoms with Crippen molar-refractivity contribution in [2.45, 2.75) is 45.6 Å². The van der Waals surface area contributed by atoms with E-state index in [0.29, 0.717) is 22.4 Å². The highest BCUT2D eigenvalue weighted by Gasteiger charge is 2.19. The molecule has 1 amide bonds. The smallest absolute Gasteiger partial charge is 0.270 e. The molecule has 3 rings (SSSR count). The van der Waals surface area contributed by atoms with Gasteiger partial charge in [-0.2, -0.15) is 0 Å². The molecule has 1 aromatic heterocycles. The number of rotatable bonds is 4. The number of benzene rings is 1. The Morgan fingerprint density at radius 2 is 1.92 bits per heavy atom. The Bertz CT molecular complexity index is 757. The molecule has 1 heterocycles. The lowest BCUT2D eigenvalue weighted by Crippen LogP contribution is -2.33. The molecule has 2 aromatic rings. The van der Waals surface area contributed by atoms with E-state index < -0.39 is 0 Å². The number of amides is 1. The second kappa shape index (κ2) is 7.18. The number of aromatic nitrogens is 2. The Kier molecular flexibility index (Phi) is 5.00. The predicted octanol–water partition coefficient (Wildman–Crippen LogP) is 4.16. The average molecular weight is 345 g/mol. The third-order valence-electron chi connectivity index (χ3n) is 4.21. The van der Waals surface area contributed by atoms with Crippen LogP contribution in [0.5, 0.6) is 0 Å². The molecule has 0 radical (unpaired) electrons. The molecule has 0 atom stereocenters. The van der Waals surface area contributed by atoms with Gasteiger partial charge in [-0.15, -0.1) is 0 Å².